The summed E-state index contributed by atoms with van der Waals surface area (Å²) in [6, 6.07) is 10.4. The summed E-state index contributed by atoms with van der Waals surface area (Å²) in [5, 5.41) is 14.0. The number of hydrogen-bond donors (Lipinski definition) is 1. The summed E-state index contributed by atoms with van der Waals surface area (Å²) in [6.07, 6.45) is -0.0208. The number of nitrogens with one attached hydrogen (secondary N) is 1. The Morgan fingerprint density at radius 1 is 1.19 bits per heavy atom. The van der Waals surface area contributed by atoms with Crippen molar-refractivity contribution >= 4 is 28.9 Å². The van der Waals surface area contributed by atoms with Gasteiger partial charge in [0.1, 0.15) is 11.8 Å². The summed E-state index contributed by atoms with van der Waals surface area (Å²) < 4.78 is 5.08. The number of imide groups is 1. The first kappa shape index (κ1) is 17.4. The fourth-order valence-electron chi connectivity index (χ4n) is 2.84. The molecule has 8 heteroatoms. The second kappa shape index (κ2) is 6.83. The van der Waals surface area contributed by atoms with Crippen molar-refractivity contribution in [3.8, 4) is 5.75 Å². The van der Waals surface area contributed by atoms with E-state index in [1.165, 1.54) is 18.2 Å². The van der Waals surface area contributed by atoms with Crippen LogP contribution in [0.3, 0.4) is 0 Å². The van der Waals surface area contributed by atoms with Crippen LogP contribution in [-0.4, -0.2) is 29.9 Å². The van der Waals surface area contributed by atoms with Gasteiger partial charge in [0.05, 0.1) is 24.1 Å². The van der Waals surface area contributed by atoms with E-state index in [9.17, 15) is 19.7 Å². The highest BCUT2D eigenvalue weighted by Crippen LogP contribution is 2.31. The Morgan fingerprint density at radius 2 is 1.88 bits per heavy atom. The zero-order chi connectivity index (χ0) is 18.8. The van der Waals surface area contributed by atoms with Crippen molar-refractivity contribution < 1.29 is 19.2 Å². The fraction of sp³-hybridized carbons (Fsp3) is 0.222. The maximum Gasteiger partial charge on any atom is 0.271 e. The third-order valence-electron chi connectivity index (χ3n) is 4.22. The van der Waals surface area contributed by atoms with Gasteiger partial charge in [-0.1, -0.05) is 6.07 Å². The number of rotatable bonds is 5. The quantitative estimate of drug-likeness (QED) is 0.503. The van der Waals surface area contributed by atoms with E-state index in [0.29, 0.717) is 17.0 Å². The second-order valence-electron chi connectivity index (χ2n) is 5.92. The van der Waals surface area contributed by atoms with Crippen LogP contribution < -0.4 is 15.0 Å². The van der Waals surface area contributed by atoms with Gasteiger partial charge in [-0.05, 0) is 36.8 Å². The number of nitro groups is 1. The highest BCUT2D eigenvalue weighted by atomic mass is 16.6. The minimum absolute atomic E-state index is 0.0208. The Hall–Kier alpha value is -3.42. The molecule has 2 aromatic carbocycles. The Labute approximate surface area is 149 Å². The molecule has 1 aliphatic heterocycles. The molecule has 0 aliphatic carbocycles. The van der Waals surface area contributed by atoms with Gasteiger partial charge in [-0.3, -0.25) is 19.7 Å². The molecule has 1 heterocycles. The molecule has 0 spiro atoms. The Bertz CT molecular complexity index is 879. The molecule has 0 saturated carbocycles. The van der Waals surface area contributed by atoms with Crippen LogP contribution in [-0.2, 0) is 9.59 Å². The van der Waals surface area contributed by atoms with E-state index < -0.39 is 22.8 Å². The number of benzene rings is 2. The number of ether oxygens (including phenoxy) is 1. The third-order valence-corrected chi connectivity index (χ3v) is 4.22. The molecule has 1 aliphatic rings. The first-order valence-corrected chi connectivity index (χ1v) is 7.93. The zero-order valence-electron chi connectivity index (χ0n) is 14.3. The van der Waals surface area contributed by atoms with Crippen LogP contribution in [0.4, 0.5) is 17.1 Å². The number of anilines is 2. The van der Waals surface area contributed by atoms with Crippen molar-refractivity contribution in [2.24, 2.45) is 0 Å². The van der Waals surface area contributed by atoms with Gasteiger partial charge in [-0.25, -0.2) is 4.90 Å². The maximum atomic E-state index is 12.7. The second-order valence-corrected chi connectivity index (χ2v) is 5.92. The Balaban J connectivity index is 1.85. The van der Waals surface area contributed by atoms with Crippen molar-refractivity contribution in [2.75, 3.05) is 17.3 Å². The molecule has 0 radical (unpaired) electrons. The zero-order valence-corrected chi connectivity index (χ0v) is 14.3. The van der Waals surface area contributed by atoms with Crippen LogP contribution in [0.2, 0.25) is 0 Å². The number of methoxy groups -OCH3 is 1. The van der Waals surface area contributed by atoms with Gasteiger partial charge in [-0.2, -0.15) is 0 Å². The number of carbonyl (C=O) groups excluding carboxylic acids is 2. The number of aryl methyl sites for hydroxylation is 1. The molecule has 0 unspecified atom stereocenters. The van der Waals surface area contributed by atoms with Gasteiger partial charge in [0, 0.05) is 17.8 Å². The average molecular weight is 355 g/mol. The molecular weight excluding hydrogens is 338 g/mol. The SMILES string of the molecule is COc1ccc(N[C@H]2CC(=O)N(c3cc([N+](=O)[O-])ccc3C)C2=O)cc1. The molecule has 1 saturated heterocycles. The maximum absolute atomic E-state index is 12.7. The van der Waals surface area contributed by atoms with Crippen molar-refractivity contribution in [3.63, 3.8) is 0 Å². The lowest BCUT2D eigenvalue weighted by molar-refractivity contribution is -0.384. The molecule has 1 N–H and O–H groups in total. The van der Waals surface area contributed by atoms with E-state index in [2.05, 4.69) is 5.32 Å². The van der Waals surface area contributed by atoms with E-state index in [0.717, 1.165) is 4.90 Å². The Kier molecular flexibility index (Phi) is 4.57. The predicted octanol–water partition coefficient (Wildman–Crippen LogP) is 2.66. The molecular formula is C18H17N3O5. The molecule has 2 aromatic rings. The minimum Gasteiger partial charge on any atom is -0.497 e. The lowest BCUT2D eigenvalue weighted by atomic mass is 10.1. The van der Waals surface area contributed by atoms with Crippen LogP contribution in [0.15, 0.2) is 42.5 Å². The molecule has 134 valence electrons. The molecule has 0 aromatic heterocycles. The number of nitrogens with zero attached hydrogens (tertiary/aromatic N) is 2. The van der Waals surface area contributed by atoms with E-state index >= 15 is 0 Å². The standard InChI is InChI=1S/C18H17N3O5/c1-11-3-6-13(21(24)25)9-16(11)20-17(22)10-15(18(20)23)19-12-4-7-14(26-2)8-5-12/h3-9,15,19H,10H2,1-2H3/t15-/m0/s1. The van der Waals surface area contributed by atoms with Gasteiger partial charge in [-0.15, -0.1) is 0 Å². The molecule has 1 fully saturated rings. The molecule has 8 nitrogen and oxygen atoms in total. The van der Waals surface area contributed by atoms with Crippen LogP contribution in [0.5, 0.6) is 5.75 Å². The smallest absolute Gasteiger partial charge is 0.271 e. The van der Waals surface area contributed by atoms with Gasteiger partial charge < -0.3 is 10.1 Å². The van der Waals surface area contributed by atoms with Crippen LogP contribution in [0.25, 0.3) is 0 Å². The van der Waals surface area contributed by atoms with Crippen LogP contribution >= 0.6 is 0 Å². The number of hydrogen-bond acceptors (Lipinski definition) is 6. The number of nitro benzene ring substituents is 1. The highest BCUT2D eigenvalue weighted by molar-refractivity contribution is 6.23. The third kappa shape index (κ3) is 3.21. The summed E-state index contributed by atoms with van der Waals surface area (Å²) in [5.41, 5.74) is 1.36. The predicted molar refractivity (Wildman–Crippen MR) is 95.3 cm³/mol. The van der Waals surface area contributed by atoms with Crippen molar-refractivity contribution in [3.05, 3.63) is 58.1 Å². The molecule has 26 heavy (non-hydrogen) atoms. The van der Waals surface area contributed by atoms with Crippen LogP contribution in [0, 0.1) is 17.0 Å². The lowest BCUT2D eigenvalue weighted by Crippen LogP contribution is -2.35. The Morgan fingerprint density at radius 3 is 2.50 bits per heavy atom. The normalized spacial score (nSPS) is 16.7. The summed E-state index contributed by atoms with van der Waals surface area (Å²) in [4.78, 5) is 36.6. The number of amides is 2. The average Bonchev–Trinajstić information content (AvgIpc) is 2.89. The number of carbonyl (C=O) groups is 2. The fourth-order valence-corrected chi connectivity index (χ4v) is 2.84. The van der Waals surface area contributed by atoms with Crippen molar-refractivity contribution in [1.82, 2.24) is 0 Å². The van der Waals surface area contributed by atoms with E-state index in [1.807, 2.05) is 0 Å². The molecule has 3 rings (SSSR count). The molecule has 0 bridgehead atoms. The lowest BCUT2D eigenvalue weighted by Gasteiger charge is -2.18. The van der Waals surface area contributed by atoms with Gasteiger partial charge in [0.15, 0.2) is 0 Å². The van der Waals surface area contributed by atoms with Crippen LogP contribution in [0.1, 0.15) is 12.0 Å². The first-order chi connectivity index (χ1) is 12.4. The van der Waals surface area contributed by atoms with Crippen molar-refractivity contribution in [1.29, 1.82) is 0 Å². The van der Waals surface area contributed by atoms with Gasteiger partial charge in [0.2, 0.25) is 5.91 Å². The summed E-state index contributed by atoms with van der Waals surface area (Å²) in [6.45, 7) is 1.70. The molecule has 1 atom stereocenters. The van der Waals surface area contributed by atoms with Gasteiger partial charge >= 0.3 is 0 Å². The van der Waals surface area contributed by atoms with Gasteiger partial charge in [0.25, 0.3) is 11.6 Å². The summed E-state index contributed by atoms with van der Waals surface area (Å²) in [5.74, 6) is -0.155. The van der Waals surface area contributed by atoms with E-state index in [-0.39, 0.29) is 17.8 Å². The molecule has 2 amide bonds. The minimum atomic E-state index is -0.727. The monoisotopic (exact) mass is 355 g/mol. The summed E-state index contributed by atoms with van der Waals surface area (Å²) >= 11 is 0. The largest absolute Gasteiger partial charge is 0.497 e. The topological polar surface area (TPSA) is 102 Å². The van der Waals surface area contributed by atoms with E-state index in [4.69, 9.17) is 4.74 Å². The first-order valence-electron chi connectivity index (χ1n) is 7.93. The highest BCUT2D eigenvalue weighted by Gasteiger charge is 2.40. The van der Waals surface area contributed by atoms with E-state index in [1.54, 1.807) is 38.3 Å². The van der Waals surface area contributed by atoms with Crippen molar-refractivity contribution in [2.45, 2.75) is 19.4 Å². The number of non-ortho nitro benzene ring substituents is 1. The summed E-state index contributed by atoms with van der Waals surface area (Å²) in [7, 11) is 1.56.